The molecule has 1 saturated carbocycles. The minimum Gasteiger partial charge on any atom is -0.388 e. The smallest absolute Gasteiger partial charge is 0.292 e. The molecule has 0 spiro atoms. The third kappa shape index (κ3) is 4.10. The Bertz CT molecular complexity index is 635. The van der Waals surface area contributed by atoms with E-state index in [1.54, 1.807) is 18.2 Å². The Morgan fingerprint density at radius 3 is 2.56 bits per heavy atom. The third-order valence-electron chi connectivity index (χ3n) is 5.41. The number of amides is 1. The third-order valence-corrected chi connectivity index (χ3v) is 5.41. The molecule has 1 saturated heterocycles. The number of hydrogen-bond acceptors (Lipinski definition) is 5. The lowest BCUT2D eigenvalue weighted by Gasteiger charge is -2.33. The van der Waals surface area contributed by atoms with Crippen molar-refractivity contribution >= 4 is 17.3 Å². The SMILES string of the molecule is O=C(NCC1(O)CCCC1)C1CCN(c2ccccc2[N+](=O)[O-])CC1. The summed E-state index contributed by atoms with van der Waals surface area (Å²) in [6.07, 6.45) is 4.86. The van der Waals surface area contributed by atoms with Crippen molar-refractivity contribution in [3.05, 3.63) is 34.4 Å². The Morgan fingerprint density at radius 2 is 1.92 bits per heavy atom. The molecule has 0 atom stereocenters. The summed E-state index contributed by atoms with van der Waals surface area (Å²) in [5.74, 6) is -0.105. The molecule has 1 aliphatic carbocycles. The first-order valence-electron chi connectivity index (χ1n) is 8.97. The maximum atomic E-state index is 12.4. The van der Waals surface area contributed by atoms with E-state index in [4.69, 9.17) is 0 Å². The number of nitrogens with one attached hydrogen (secondary N) is 1. The van der Waals surface area contributed by atoms with E-state index < -0.39 is 5.60 Å². The second kappa shape index (κ2) is 7.39. The van der Waals surface area contributed by atoms with Crippen molar-refractivity contribution in [2.24, 2.45) is 5.92 Å². The monoisotopic (exact) mass is 347 g/mol. The van der Waals surface area contributed by atoms with Gasteiger partial charge in [-0.1, -0.05) is 25.0 Å². The Labute approximate surface area is 147 Å². The van der Waals surface area contributed by atoms with Crippen LogP contribution < -0.4 is 10.2 Å². The Morgan fingerprint density at radius 1 is 1.28 bits per heavy atom. The van der Waals surface area contributed by atoms with Gasteiger partial charge in [0.1, 0.15) is 5.69 Å². The van der Waals surface area contributed by atoms with Crippen LogP contribution in [-0.4, -0.2) is 41.2 Å². The fourth-order valence-electron chi connectivity index (χ4n) is 3.87. The van der Waals surface area contributed by atoms with E-state index in [0.29, 0.717) is 38.2 Å². The van der Waals surface area contributed by atoms with Crippen LogP contribution in [-0.2, 0) is 4.79 Å². The van der Waals surface area contributed by atoms with E-state index >= 15 is 0 Å². The lowest BCUT2D eigenvalue weighted by atomic mass is 9.94. The molecule has 136 valence electrons. The summed E-state index contributed by atoms with van der Waals surface area (Å²) >= 11 is 0. The second-order valence-corrected chi connectivity index (χ2v) is 7.16. The van der Waals surface area contributed by atoms with Crippen LogP contribution in [0.15, 0.2) is 24.3 Å². The molecule has 0 unspecified atom stereocenters. The highest BCUT2D eigenvalue weighted by molar-refractivity contribution is 5.79. The highest BCUT2D eigenvalue weighted by atomic mass is 16.6. The van der Waals surface area contributed by atoms with E-state index in [-0.39, 0.29) is 22.4 Å². The predicted octanol–water partition coefficient (Wildman–Crippen LogP) is 2.23. The first-order valence-corrected chi connectivity index (χ1v) is 8.97. The average molecular weight is 347 g/mol. The molecule has 0 bridgehead atoms. The average Bonchev–Trinajstić information content (AvgIpc) is 3.07. The Balaban J connectivity index is 1.53. The number of nitrogens with zero attached hydrogens (tertiary/aromatic N) is 2. The molecule has 2 fully saturated rings. The standard InChI is InChI=1S/C18H25N3O4/c22-17(19-13-18(23)9-3-4-10-18)14-7-11-20(12-8-14)15-5-1-2-6-16(15)21(24)25/h1-2,5-6,14,23H,3-4,7-13H2,(H,19,22). The number of nitro groups is 1. The molecule has 1 aromatic carbocycles. The van der Waals surface area contributed by atoms with Crippen LogP contribution in [0.1, 0.15) is 38.5 Å². The van der Waals surface area contributed by atoms with Crippen molar-refractivity contribution in [2.45, 2.75) is 44.1 Å². The molecule has 0 aromatic heterocycles. The van der Waals surface area contributed by atoms with Crippen LogP contribution in [0.2, 0.25) is 0 Å². The van der Waals surface area contributed by atoms with Crippen molar-refractivity contribution in [1.82, 2.24) is 5.32 Å². The van der Waals surface area contributed by atoms with Crippen molar-refractivity contribution < 1.29 is 14.8 Å². The maximum Gasteiger partial charge on any atom is 0.292 e. The lowest BCUT2D eigenvalue weighted by molar-refractivity contribution is -0.384. The van der Waals surface area contributed by atoms with Crippen molar-refractivity contribution in [3.63, 3.8) is 0 Å². The van der Waals surface area contributed by atoms with Gasteiger partial charge in [-0.3, -0.25) is 14.9 Å². The van der Waals surface area contributed by atoms with Gasteiger partial charge in [0.05, 0.1) is 10.5 Å². The highest BCUT2D eigenvalue weighted by Gasteiger charge is 2.33. The van der Waals surface area contributed by atoms with Crippen molar-refractivity contribution in [3.8, 4) is 0 Å². The quantitative estimate of drug-likeness (QED) is 0.629. The largest absolute Gasteiger partial charge is 0.388 e. The molecule has 1 aliphatic heterocycles. The summed E-state index contributed by atoms with van der Waals surface area (Å²) in [7, 11) is 0. The molecular weight excluding hydrogens is 322 g/mol. The second-order valence-electron chi connectivity index (χ2n) is 7.16. The summed E-state index contributed by atoms with van der Waals surface area (Å²) in [4.78, 5) is 25.1. The van der Waals surface area contributed by atoms with E-state index in [1.165, 1.54) is 6.07 Å². The number of nitro benzene ring substituents is 1. The Kier molecular flexibility index (Phi) is 5.22. The van der Waals surface area contributed by atoms with Crippen LogP contribution in [0.5, 0.6) is 0 Å². The number of benzene rings is 1. The molecule has 2 aliphatic rings. The van der Waals surface area contributed by atoms with Crippen molar-refractivity contribution in [1.29, 1.82) is 0 Å². The van der Waals surface area contributed by atoms with Gasteiger partial charge < -0.3 is 15.3 Å². The van der Waals surface area contributed by atoms with Crippen LogP contribution >= 0.6 is 0 Å². The molecule has 0 radical (unpaired) electrons. The van der Waals surface area contributed by atoms with Crippen LogP contribution in [0.4, 0.5) is 11.4 Å². The van der Waals surface area contributed by atoms with Crippen LogP contribution in [0, 0.1) is 16.0 Å². The molecule has 25 heavy (non-hydrogen) atoms. The number of carbonyl (C=O) groups is 1. The summed E-state index contributed by atoms with van der Waals surface area (Å²) in [6, 6.07) is 6.73. The predicted molar refractivity (Wildman–Crippen MR) is 94.5 cm³/mol. The zero-order valence-electron chi connectivity index (χ0n) is 14.3. The first kappa shape index (κ1) is 17.7. The summed E-state index contributed by atoms with van der Waals surface area (Å²) in [5.41, 5.74) is -0.0124. The van der Waals surface area contributed by atoms with Gasteiger partial charge in [0.15, 0.2) is 0 Å². The maximum absolute atomic E-state index is 12.4. The lowest BCUT2D eigenvalue weighted by Crippen LogP contribution is -2.45. The number of piperidine rings is 1. The van der Waals surface area contributed by atoms with Crippen LogP contribution in [0.3, 0.4) is 0 Å². The van der Waals surface area contributed by atoms with Gasteiger partial charge in [0.2, 0.25) is 5.91 Å². The van der Waals surface area contributed by atoms with Crippen LogP contribution in [0.25, 0.3) is 0 Å². The number of aliphatic hydroxyl groups is 1. The molecule has 1 amide bonds. The number of para-hydroxylation sites is 2. The van der Waals surface area contributed by atoms with E-state index in [1.807, 2.05) is 4.90 Å². The van der Waals surface area contributed by atoms with Gasteiger partial charge in [0, 0.05) is 31.6 Å². The molecule has 1 heterocycles. The molecule has 7 nitrogen and oxygen atoms in total. The summed E-state index contributed by atoms with van der Waals surface area (Å²) in [6.45, 7) is 1.57. The Hall–Kier alpha value is -2.15. The van der Waals surface area contributed by atoms with E-state index in [0.717, 1.165) is 25.7 Å². The van der Waals surface area contributed by atoms with Crippen molar-refractivity contribution in [2.75, 3.05) is 24.5 Å². The fourth-order valence-corrected chi connectivity index (χ4v) is 3.87. The van der Waals surface area contributed by atoms with E-state index in [9.17, 15) is 20.0 Å². The minimum atomic E-state index is -0.735. The van der Waals surface area contributed by atoms with E-state index in [2.05, 4.69) is 5.32 Å². The molecule has 7 heteroatoms. The zero-order valence-corrected chi connectivity index (χ0v) is 14.3. The number of anilines is 1. The van der Waals surface area contributed by atoms with Gasteiger partial charge in [-0.05, 0) is 31.7 Å². The van der Waals surface area contributed by atoms with Gasteiger partial charge >= 0.3 is 0 Å². The van der Waals surface area contributed by atoms with Gasteiger partial charge in [-0.25, -0.2) is 0 Å². The number of rotatable bonds is 5. The van der Waals surface area contributed by atoms with Gasteiger partial charge in [-0.15, -0.1) is 0 Å². The minimum absolute atomic E-state index is 0.0115. The highest BCUT2D eigenvalue weighted by Crippen LogP contribution is 2.32. The summed E-state index contributed by atoms with van der Waals surface area (Å²) in [5, 5.41) is 24.4. The summed E-state index contributed by atoms with van der Waals surface area (Å²) < 4.78 is 0. The molecule has 2 N–H and O–H groups in total. The normalized spacial score (nSPS) is 20.4. The first-order chi connectivity index (χ1) is 12.0. The van der Waals surface area contributed by atoms with Gasteiger partial charge in [-0.2, -0.15) is 0 Å². The van der Waals surface area contributed by atoms with Gasteiger partial charge in [0.25, 0.3) is 5.69 Å². The molecule has 1 aromatic rings. The topological polar surface area (TPSA) is 95.7 Å². The zero-order chi connectivity index (χ0) is 17.9. The molecular formula is C18H25N3O4. The fraction of sp³-hybridized carbons (Fsp3) is 0.611. The molecule has 3 rings (SSSR count). The number of hydrogen-bond donors (Lipinski definition) is 2. The number of carbonyl (C=O) groups excluding carboxylic acids is 1.